The molecule has 0 aliphatic carbocycles. The molecule has 1 N–H and O–H groups in total. The van der Waals surface area contributed by atoms with Crippen LogP contribution in [0.25, 0.3) is 6.08 Å². The van der Waals surface area contributed by atoms with E-state index in [0.29, 0.717) is 22.6 Å². The summed E-state index contributed by atoms with van der Waals surface area (Å²) >= 11 is 0. The summed E-state index contributed by atoms with van der Waals surface area (Å²) in [5, 5.41) is 2.60. The molecule has 0 fully saturated rings. The first-order chi connectivity index (χ1) is 15.8. The molecular weight excluding hydrogens is 427 g/mol. The number of hydrogen-bond acceptors (Lipinski definition) is 6. The van der Waals surface area contributed by atoms with Gasteiger partial charge in [-0.05, 0) is 67.1 Å². The molecule has 1 atom stereocenters. The molecule has 168 valence electrons. The van der Waals surface area contributed by atoms with Gasteiger partial charge in [-0.15, -0.1) is 0 Å². The van der Waals surface area contributed by atoms with Crippen LogP contribution in [0.15, 0.2) is 73.1 Å². The molecule has 0 bridgehead atoms. The predicted molar refractivity (Wildman–Crippen MR) is 120 cm³/mol. The van der Waals surface area contributed by atoms with E-state index in [1.54, 1.807) is 36.5 Å². The van der Waals surface area contributed by atoms with Gasteiger partial charge in [-0.2, -0.15) is 0 Å². The van der Waals surface area contributed by atoms with Gasteiger partial charge in [0.2, 0.25) is 11.7 Å². The Hall–Kier alpha value is -4.33. The van der Waals surface area contributed by atoms with E-state index in [1.165, 1.54) is 50.4 Å². The Labute approximate surface area is 189 Å². The number of nitrogens with one attached hydrogen (secondary N) is 1. The number of aromatic nitrogens is 1. The maximum Gasteiger partial charge on any atom is 0.331 e. The molecular formula is C25H21FN2O5. The number of hydrogen-bond donors (Lipinski definition) is 1. The maximum absolute atomic E-state index is 14.3. The van der Waals surface area contributed by atoms with Crippen molar-refractivity contribution in [3.63, 3.8) is 0 Å². The molecule has 0 aliphatic heterocycles. The molecule has 33 heavy (non-hydrogen) atoms. The number of anilines is 1. The zero-order valence-electron chi connectivity index (χ0n) is 17.9. The lowest BCUT2D eigenvalue weighted by molar-refractivity contribution is -0.140. The number of ether oxygens (including phenoxy) is 2. The van der Waals surface area contributed by atoms with Crippen molar-refractivity contribution in [2.24, 2.45) is 0 Å². The van der Waals surface area contributed by atoms with Gasteiger partial charge in [0.15, 0.2) is 17.7 Å². The maximum atomic E-state index is 14.3. The third-order valence-electron chi connectivity index (χ3n) is 4.38. The van der Waals surface area contributed by atoms with E-state index in [-0.39, 0.29) is 11.7 Å². The Balaban J connectivity index is 1.57. The van der Waals surface area contributed by atoms with Crippen molar-refractivity contribution in [3.05, 3.63) is 90.0 Å². The van der Waals surface area contributed by atoms with E-state index >= 15 is 0 Å². The van der Waals surface area contributed by atoms with E-state index in [1.807, 2.05) is 0 Å². The first-order valence-corrected chi connectivity index (χ1v) is 10.00. The summed E-state index contributed by atoms with van der Waals surface area (Å²) in [7, 11) is 0. The largest absolute Gasteiger partial charge is 0.453 e. The Morgan fingerprint density at radius 3 is 2.48 bits per heavy atom. The lowest BCUT2D eigenvalue weighted by Gasteiger charge is -2.11. The van der Waals surface area contributed by atoms with Gasteiger partial charge >= 0.3 is 5.97 Å². The number of amides is 1. The van der Waals surface area contributed by atoms with Crippen LogP contribution in [0.5, 0.6) is 11.5 Å². The zero-order valence-corrected chi connectivity index (χ0v) is 17.9. The van der Waals surface area contributed by atoms with Gasteiger partial charge in [0, 0.05) is 30.4 Å². The lowest BCUT2D eigenvalue weighted by atomic mass is 10.1. The fourth-order valence-corrected chi connectivity index (χ4v) is 2.83. The number of Topliss-reactive ketones (excluding diaryl/α,β-unsaturated/α-hetero) is 1. The van der Waals surface area contributed by atoms with Crippen LogP contribution in [-0.4, -0.2) is 28.7 Å². The molecule has 0 spiro atoms. The van der Waals surface area contributed by atoms with Crippen molar-refractivity contribution >= 4 is 29.4 Å². The number of pyridine rings is 1. The summed E-state index contributed by atoms with van der Waals surface area (Å²) in [4.78, 5) is 39.5. The van der Waals surface area contributed by atoms with E-state index in [0.717, 1.165) is 6.08 Å². The fraction of sp³-hybridized carbons (Fsp3) is 0.120. The molecule has 0 saturated heterocycles. The molecule has 1 aromatic heterocycles. The summed E-state index contributed by atoms with van der Waals surface area (Å²) in [6.45, 7) is 2.84. The lowest BCUT2D eigenvalue weighted by Crippen LogP contribution is -2.23. The minimum Gasteiger partial charge on any atom is -0.453 e. The highest BCUT2D eigenvalue weighted by atomic mass is 19.1. The van der Waals surface area contributed by atoms with Crippen LogP contribution < -0.4 is 10.1 Å². The second kappa shape index (κ2) is 10.8. The highest BCUT2D eigenvalue weighted by Crippen LogP contribution is 2.25. The van der Waals surface area contributed by atoms with E-state index in [2.05, 4.69) is 10.3 Å². The molecule has 3 rings (SSSR count). The van der Waals surface area contributed by atoms with Crippen molar-refractivity contribution in [3.8, 4) is 11.5 Å². The van der Waals surface area contributed by atoms with Crippen molar-refractivity contribution < 1.29 is 28.2 Å². The topological polar surface area (TPSA) is 94.6 Å². The first kappa shape index (κ1) is 23.3. The number of carbonyl (C=O) groups is 3. The van der Waals surface area contributed by atoms with Crippen LogP contribution in [0.2, 0.25) is 0 Å². The molecule has 1 heterocycles. The second-order valence-electron chi connectivity index (χ2n) is 7.02. The van der Waals surface area contributed by atoms with Gasteiger partial charge < -0.3 is 14.8 Å². The molecule has 1 amide bonds. The third-order valence-corrected chi connectivity index (χ3v) is 4.38. The number of halogens is 1. The Morgan fingerprint density at radius 1 is 1.09 bits per heavy atom. The molecule has 8 heteroatoms. The van der Waals surface area contributed by atoms with Crippen molar-refractivity contribution in [2.75, 3.05) is 5.32 Å². The van der Waals surface area contributed by atoms with Crippen LogP contribution >= 0.6 is 0 Å². The number of benzene rings is 2. The number of esters is 1. The van der Waals surface area contributed by atoms with Crippen molar-refractivity contribution in [2.45, 2.75) is 20.0 Å². The van der Waals surface area contributed by atoms with Crippen LogP contribution in [0, 0.1) is 5.82 Å². The summed E-state index contributed by atoms with van der Waals surface area (Å²) < 4.78 is 24.9. The Bertz CT molecular complexity index is 1180. The number of rotatable bonds is 8. The van der Waals surface area contributed by atoms with Gasteiger partial charge in [0.25, 0.3) is 0 Å². The summed E-state index contributed by atoms with van der Waals surface area (Å²) in [5.41, 5.74) is 1.30. The molecule has 0 aliphatic rings. The van der Waals surface area contributed by atoms with Crippen LogP contribution in [0.3, 0.4) is 0 Å². The van der Waals surface area contributed by atoms with E-state index in [4.69, 9.17) is 9.47 Å². The quantitative estimate of drug-likeness (QED) is 0.302. The first-order valence-electron chi connectivity index (χ1n) is 10.00. The smallest absolute Gasteiger partial charge is 0.331 e. The monoisotopic (exact) mass is 448 g/mol. The molecule has 0 radical (unpaired) electrons. The number of nitrogens with zero attached hydrogens (tertiary/aromatic N) is 1. The minimum atomic E-state index is -1.03. The molecule has 7 nitrogen and oxygen atoms in total. The number of ketones is 1. The summed E-state index contributed by atoms with van der Waals surface area (Å²) in [5.74, 6) is -1.56. The highest BCUT2D eigenvalue weighted by Gasteiger charge is 2.18. The van der Waals surface area contributed by atoms with E-state index < -0.39 is 23.7 Å². The average Bonchev–Trinajstić information content (AvgIpc) is 2.79. The molecule has 3 aromatic rings. The van der Waals surface area contributed by atoms with Gasteiger partial charge in [0.1, 0.15) is 5.75 Å². The Morgan fingerprint density at radius 2 is 1.85 bits per heavy atom. The summed E-state index contributed by atoms with van der Waals surface area (Å²) in [6, 6.07) is 13.8. The van der Waals surface area contributed by atoms with Crippen LogP contribution in [0.4, 0.5) is 10.1 Å². The van der Waals surface area contributed by atoms with Crippen LogP contribution in [0.1, 0.15) is 29.8 Å². The standard InChI is InChI=1S/C25H21FN2O5/c1-16(25(31)19-7-9-20(10-8-19)28-17(2)29)32-24(30)12-6-18-5-11-23(22(26)14-18)33-21-4-3-13-27-15-21/h3-16H,1-2H3,(H,28,29)/b12-6+. The minimum absolute atomic E-state index is 0.0199. The van der Waals surface area contributed by atoms with Crippen LogP contribution in [-0.2, 0) is 14.3 Å². The fourth-order valence-electron chi connectivity index (χ4n) is 2.83. The van der Waals surface area contributed by atoms with Gasteiger partial charge in [0.05, 0.1) is 6.20 Å². The molecule has 0 saturated carbocycles. The zero-order chi connectivity index (χ0) is 23.8. The molecule has 2 aromatic carbocycles. The van der Waals surface area contributed by atoms with Crippen molar-refractivity contribution in [1.82, 2.24) is 4.98 Å². The van der Waals surface area contributed by atoms with E-state index in [9.17, 15) is 18.8 Å². The molecule has 1 unspecified atom stereocenters. The predicted octanol–water partition coefficient (Wildman–Crippen LogP) is 4.80. The normalized spacial score (nSPS) is 11.6. The summed E-state index contributed by atoms with van der Waals surface area (Å²) in [6.07, 6.45) is 4.50. The number of carbonyl (C=O) groups excluding carboxylic acids is 3. The SMILES string of the molecule is CC(=O)Nc1ccc(C(=O)C(C)OC(=O)/C=C/c2ccc(Oc3cccnc3)c(F)c2)cc1. The van der Waals surface area contributed by atoms with Gasteiger partial charge in [-0.3, -0.25) is 14.6 Å². The average molecular weight is 448 g/mol. The third kappa shape index (κ3) is 6.83. The van der Waals surface area contributed by atoms with Gasteiger partial charge in [-0.25, -0.2) is 9.18 Å². The Kier molecular flexibility index (Phi) is 7.64. The highest BCUT2D eigenvalue weighted by molar-refractivity contribution is 6.01. The second-order valence-corrected chi connectivity index (χ2v) is 7.02. The van der Waals surface area contributed by atoms with Gasteiger partial charge in [-0.1, -0.05) is 6.07 Å². The van der Waals surface area contributed by atoms with Crippen molar-refractivity contribution in [1.29, 1.82) is 0 Å².